The molecule has 4 aliphatic rings. The minimum absolute atomic E-state index is 0.249. The highest BCUT2D eigenvalue weighted by Crippen LogP contribution is 2.64. The quantitative estimate of drug-likeness (QED) is 0.667. The molecule has 0 saturated heterocycles. The fraction of sp³-hybridized carbons (Fsp3) is 0.800. The molecule has 0 spiro atoms. The molecule has 3 saturated carbocycles. The van der Waals surface area contributed by atoms with Crippen molar-refractivity contribution >= 4 is 11.5 Å². The molecule has 0 aromatic heterocycles. The van der Waals surface area contributed by atoms with Crippen LogP contribution in [0.5, 0.6) is 0 Å². The summed E-state index contributed by atoms with van der Waals surface area (Å²) in [7, 11) is 1.67. The van der Waals surface area contributed by atoms with Crippen molar-refractivity contribution in [2.75, 3.05) is 7.11 Å². The summed E-state index contributed by atoms with van der Waals surface area (Å²) in [6, 6.07) is 0. The molecule has 0 radical (unpaired) electrons. The maximum absolute atomic E-state index is 11.9. The van der Waals surface area contributed by atoms with Gasteiger partial charge in [0.15, 0.2) is 5.78 Å². The van der Waals surface area contributed by atoms with Gasteiger partial charge in [0, 0.05) is 11.8 Å². The predicted molar refractivity (Wildman–Crippen MR) is 91.2 cm³/mol. The summed E-state index contributed by atoms with van der Waals surface area (Å²) >= 11 is 0. The number of fused-ring (bicyclic) bond motifs is 5. The molecule has 5 atom stereocenters. The Morgan fingerprint density at radius 3 is 2.61 bits per heavy atom. The van der Waals surface area contributed by atoms with Crippen molar-refractivity contribution in [2.45, 2.75) is 65.2 Å². The van der Waals surface area contributed by atoms with Crippen molar-refractivity contribution in [3.05, 3.63) is 11.6 Å². The van der Waals surface area contributed by atoms with Crippen LogP contribution < -0.4 is 0 Å². The summed E-state index contributed by atoms with van der Waals surface area (Å²) in [4.78, 5) is 17.0. The molecule has 3 heteroatoms. The molecule has 23 heavy (non-hydrogen) atoms. The van der Waals surface area contributed by atoms with Crippen molar-refractivity contribution in [1.29, 1.82) is 0 Å². The van der Waals surface area contributed by atoms with Crippen molar-refractivity contribution in [2.24, 2.45) is 33.7 Å². The topological polar surface area (TPSA) is 38.7 Å². The number of carbonyl (C=O) groups is 1. The maximum Gasteiger partial charge on any atom is 0.155 e. The predicted octanol–water partition coefficient (Wildman–Crippen LogP) is 4.52. The SMILES string of the molecule is CO/N=C1\CC[C@H]2[C@@H]3CCC4=CC(=O)CC[C@]4(C)[C@H]3CC[C@]12C. The number of hydrogen-bond donors (Lipinski definition) is 0. The Bertz CT molecular complexity index is 592. The van der Waals surface area contributed by atoms with E-state index in [0.29, 0.717) is 5.78 Å². The van der Waals surface area contributed by atoms with Gasteiger partial charge >= 0.3 is 0 Å². The summed E-state index contributed by atoms with van der Waals surface area (Å²) < 4.78 is 0. The molecule has 0 N–H and O–H groups in total. The van der Waals surface area contributed by atoms with Gasteiger partial charge in [0.05, 0.1) is 5.71 Å². The lowest BCUT2D eigenvalue weighted by molar-refractivity contribution is -0.117. The fourth-order valence-electron chi connectivity index (χ4n) is 6.61. The molecule has 4 rings (SSSR count). The van der Waals surface area contributed by atoms with Gasteiger partial charge in [-0.15, -0.1) is 0 Å². The second-order valence-electron chi connectivity index (χ2n) is 8.68. The number of carbonyl (C=O) groups excluding carboxylic acids is 1. The molecular weight excluding hydrogens is 286 g/mol. The van der Waals surface area contributed by atoms with Crippen LogP contribution in [0.2, 0.25) is 0 Å². The number of allylic oxidation sites excluding steroid dienone is 1. The van der Waals surface area contributed by atoms with E-state index in [1.807, 2.05) is 6.08 Å². The zero-order valence-electron chi connectivity index (χ0n) is 14.7. The van der Waals surface area contributed by atoms with Gasteiger partial charge in [0.1, 0.15) is 7.11 Å². The van der Waals surface area contributed by atoms with Gasteiger partial charge < -0.3 is 4.84 Å². The van der Waals surface area contributed by atoms with E-state index < -0.39 is 0 Å². The number of rotatable bonds is 1. The van der Waals surface area contributed by atoms with Crippen molar-refractivity contribution in [3.8, 4) is 0 Å². The molecule has 0 aromatic carbocycles. The monoisotopic (exact) mass is 315 g/mol. The minimum Gasteiger partial charge on any atom is -0.399 e. The van der Waals surface area contributed by atoms with E-state index in [-0.39, 0.29) is 10.8 Å². The number of ketones is 1. The van der Waals surface area contributed by atoms with Crippen LogP contribution in [0.3, 0.4) is 0 Å². The van der Waals surface area contributed by atoms with E-state index in [4.69, 9.17) is 4.84 Å². The van der Waals surface area contributed by atoms with E-state index in [0.717, 1.165) is 43.4 Å². The van der Waals surface area contributed by atoms with Crippen LogP contribution in [-0.2, 0) is 9.63 Å². The zero-order valence-corrected chi connectivity index (χ0v) is 14.7. The van der Waals surface area contributed by atoms with E-state index in [1.165, 1.54) is 37.0 Å². The Balaban J connectivity index is 1.67. The summed E-state index contributed by atoms with van der Waals surface area (Å²) in [6.07, 6.45) is 11.1. The average Bonchev–Trinajstić information content (AvgIpc) is 2.85. The standard InChI is InChI=1S/C20H29NO2/c1-19-10-8-14(22)12-13(19)4-5-15-16-6-7-18(21-23-3)20(16,2)11-9-17(15)19/h12,15-17H,4-11H2,1-3H3/b21-18+/t15-,16-,17-,19-,20-/m0/s1. The largest absolute Gasteiger partial charge is 0.399 e. The van der Waals surface area contributed by atoms with Gasteiger partial charge in [-0.2, -0.15) is 0 Å². The second-order valence-corrected chi connectivity index (χ2v) is 8.68. The first-order valence-electron chi connectivity index (χ1n) is 9.33. The molecule has 3 nitrogen and oxygen atoms in total. The molecule has 0 aromatic rings. The average molecular weight is 315 g/mol. The van der Waals surface area contributed by atoms with Crippen LogP contribution in [-0.4, -0.2) is 18.6 Å². The van der Waals surface area contributed by atoms with Gasteiger partial charge in [-0.3, -0.25) is 4.79 Å². The summed E-state index contributed by atoms with van der Waals surface area (Å²) in [5.74, 6) is 2.67. The normalized spacial score (nSPS) is 47.6. The van der Waals surface area contributed by atoms with Crippen LogP contribution in [0, 0.1) is 28.6 Å². The maximum atomic E-state index is 11.9. The third-order valence-electron chi connectivity index (χ3n) is 7.90. The summed E-state index contributed by atoms with van der Waals surface area (Å²) in [6.45, 7) is 4.88. The lowest BCUT2D eigenvalue weighted by atomic mass is 9.47. The molecule has 0 amide bonds. The van der Waals surface area contributed by atoms with Crippen molar-refractivity contribution in [3.63, 3.8) is 0 Å². The minimum atomic E-state index is 0.249. The van der Waals surface area contributed by atoms with E-state index in [1.54, 1.807) is 7.11 Å². The second kappa shape index (κ2) is 5.19. The summed E-state index contributed by atoms with van der Waals surface area (Å²) in [5.41, 5.74) is 3.29. The van der Waals surface area contributed by atoms with Gasteiger partial charge in [0.2, 0.25) is 0 Å². The van der Waals surface area contributed by atoms with E-state index >= 15 is 0 Å². The molecule has 0 unspecified atom stereocenters. The van der Waals surface area contributed by atoms with Crippen LogP contribution in [0.25, 0.3) is 0 Å². The molecule has 3 fully saturated rings. The molecule has 126 valence electrons. The molecule has 0 bridgehead atoms. The van der Waals surface area contributed by atoms with Crippen molar-refractivity contribution in [1.82, 2.24) is 0 Å². The smallest absolute Gasteiger partial charge is 0.155 e. The van der Waals surface area contributed by atoms with Gasteiger partial charge in [-0.1, -0.05) is 24.6 Å². The lowest BCUT2D eigenvalue weighted by Gasteiger charge is -2.57. The third-order valence-corrected chi connectivity index (χ3v) is 7.90. The Morgan fingerprint density at radius 1 is 1.04 bits per heavy atom. The Hall–Kier alpha value is -1.12. The highest BCUT2D eigenvalue weighted by atomic mass is 16.6. The first kappa shape index (κ1) is 15.4. The Morgan fingerprint density at radius 2 is 1.83 bits per heavy atom. The fourth-order valence-corrected chi connectivity index (χ4v) is 6.61. The molecule has 0 aliphatic heterocycles. The highest BCUT2D eigenvalue weighted by Gasteiger charge is 2.58. The molecule has 4 aliphatic carbocycles. The summed E-state index contributed by atoms with van der Waals surface area (Å²) in [5, 5.41) is 4.39. The van der Waals surface area contributed by atoms with E-state index in [2.05, 4.69) is 19.0 Å². The van der Waals surface area contributed by atoms with Crippen LogP contribution >= 0.6 is 0 Å². The number of oxime groups is 1. The van der Waals surface area contributed by atoms with Crippen LogP contribution in [0.4, 0.5) is 0 Å². The zero-order chi connectivity index (χ0) is 16.2. The van der Waals surface area contributed by atoms with Crippen LogP contribution in [0.1, 0.15) is 65.2 Å². The first-order valence-corrected chi connectivity index (χ1v) is 9.33. The van der Waals surface area contributed by atoms with Crippen molar-refractivity contribution < 1.29 is 9.63 Å². The van der Waals surface area contributed by atoms with E-state index in [9.17, 15) is 4.79 Å². The molecular formula is C20H29NO2. The van der Waals surface area contributed by atoms with Gasteiger partial charge in [0.25, 0.3) is 0 Å². The molecule has 0 heterocycles. The first-order chi connectivity index (χ1) is 11.0. The number of hydrogen-bond acceptors (Lipinski definition) is 3. The highest BCUT2D eigenvalue weighted by molar-refractivity contribution is 5.92. The van der Waals surface area contributed by atoms with Crippen LogP contribution in [0.15, 0.2) is 16.8 Å². The van der Waals surface area contributed by atoms with Gasteiger partial charge in [-0.05, 0) is 74.2 Å². The third kappa shape index (κ3) is 2.08. The Labute approximate surface area is 139 Å². The Kier molecular flexibility index (Phi) is 3.48. The lowest BCUT2D eigenvalue weighted by Crippen LogP contribution is -2.50. The number of nitrogens with zero attached hydrogens (tertiary/aromatic N) is 1. The van der Waals surface area contributed by atoms with Gasteiger partial charge in [-0.25, -0.2) is 0 Å².